The van der Waals surface area contributed by atoms with Crippen LogP contribution in [0.1, 0.15) is 29.2 Å². The third-order valence-corrected chi connectivity index (χ3v) is 3.64. The quantitative estimate of drug-likeness (QED) is 0.857. The molecule has 0 aliphatic carbocycles. The van der Waals surface area contributed by atoms with Gasteiger partial charge in [-0.15, -0.1) is 0 Å². The Labute approximate surface area is 121 Å². The van der Waals surface area contributed by atoms with Crippen LogP contribution in [0.15, 0.2) is 10.7 Å². The third-order valence-electron chi connectivity index (χ3n) is 3.64. The van der Waals surface area contributed by atoms with Crippen LogP contribution in [-0.4, -0.2) is 42.6 Å². The molecule has 1 N–H and O–H groups in total. The van der Waals surface area contributed by atoms with Crippen LogP contribution in [0.4, 0.5) is 0 Å². The molecule has 0 saturated carbocycles. The highest BCUT2D eigenvalue weighted by atomic mass is 16.6. The van der Waals surface area contributed by atoms with E-state index >= 15 is 0 Å². The predicted molar refractivity (Wildman–Crippen MR) is 70.9 cm³/mol. The summed E-state index contributed by atoms with van der Waals surface area (Å²) in [5, 5.41) is 20.9. The number of aromatic nitrogens is 4. The van der Waals surface area contributed by atoms with E-state index in [1.165, 1.54) is 0 Å². The van der Waals surface area contributed by atoms with Crippen molar-refractivity contribution in [2.24, 2.45) is 0 Å². The number of hydrogen-bond acceptors (Lipinski definition) is 6. The van der Waals surface area contributed by atoms with Crippen LogP contribution >= 0.6 is 0 Å². The van der Waals surface area contributed by atoms with E-state index in [0.717, 1.165) is 18.7 Å². The molecular weight excluding hydrogens is 274 g/mol. The molecule has 0 saturated heterocycles. The molecular formula is C13H17N5O3. The standard InChI is InChI=1S/C13H17N5O3/c1-9-12(16-21-15-9)6-13(20)17-3-2-4-18-11(7-17)5-10(8-19)14-18/h5,19H,2-4,6-8H2,1H3. The van der Waals surface area contributed by atoms with Crippen molar-refractivity contribution in [3.8, 4) is 0 Å². The maximum atomic E-state index is 12.4. The Morgan fingerprint density at radius 3 is 3.00 bits per heavy atom. The number of fused-ring (bicyclic) bond motifs is 1. The Bertz CT molecular complexity index is 648. The average Bonchev–Trinajstić information content (AvgIpc) is 2.99. The van der Waals surface area contributed by atoms with Crippen LogP contribution in [0.25, 0.3) is 0 Å². The highest BCUT2D eigenvalue weighted by molar-refractivity contribution is 5.78. The lowest BCUT2D eigenvalue weighted by atomic mass is 10.2. The fourth-order valence-corrected chi connectivity index (χ4v) is 2.48. The van der Waals surface area contributed by atoms with Crippen LogP contribution in [0.3, 0.4) is 0 Å². The van der Waals surface area contributed by atoms with Gasteiger partial charge in [0, 0.05) is 13.1 Å². The molecule has 21 heavy (non-hydrogen) atoms. The largest absolute Gasteiger partial charge is 0.390 e. The highest BCUT2D eigenvalue weighted by Crippen LogP contribution is 2.15. The van der Waals surface area contributed by atoms with Crippen molar-refractivity contribution in [3.63, 3.8) is 0 Å². The third kappa shape index (κ3) is 2.80. The number of carbonyl (C=O) groups excluding carboxylic acids is 1. The number of nitrogens with zero attached hydrogens (tertiary/aromatic N) is 5. The maximum absolute atomic E-state index is 12.4. The van der Waals surface area contributed by atoms with Gasteiger partial charge in [-0.1, -0.05) is 10.3 Å². The van der Waals surface area contributed by atoms with Crippen molar-refractivity contribution in [2.75, 3.05) is 6.54 Å². The molecule has 112 valence electrons. The Balaban J connectivity index is 1.73. The maximum Gasteiger partial charge on any atom is 0.229 e. The number of hydrogen-bond donors (Lipinski definition) is 1. The van der Waals surface area contributed by atoms with Gasteiger partial charge in [-0.25, -0.2) is 4.63 Å². The highest BCUT2D eigenvalue weighted by Gasteiger charge is 2.22. The summed E-state index contributed by atoms with van der Waals surface area (Å²) >= 11 is 0. The molecule has 2 aromatic rings. The average molecular weight is 291 g/mol. The van der Waals surface area contributed by atoms with Gasteiger partial charge in [0.05, 0.1) is 31.0 Å². The van der Waals surface area contributed by atoms with Crippen LogP contribution in [0.5, 0.6) is 0 Å². The first-order chi connectivity index (χ1) is 10.2. The number of amides is 1. The zero-order valence-electron chi connectivity index (χ0n) is 11.8. The summed E-state index contributed by atoms with van der Waals surface area (Å²) in [4.78, 5) is 14.2. The molecule has 0 spiro atoms. The lowest BCUT2D eigenvalue weighted by Gasteiger charge is -2.19. The van der Waals surface area contributed by atoms with E-state index in [4.69, 9.17) is 5.11 Å². The van der Waals surface area contributed by atoms with Crippen molar-refractivity contribution in [1.82, 2.24) is 25.0 Å². The monoisotopic (exact) mass is 291 g/mol. The Morgan fingerprint density at radius 1 is 1.43 bits per heavy atom. The number of aryl methyl sites for hydroxylation is 2. The Morgan fingerprint density at radius 2 is 2.29 bits per heavy atom. The molecule has 1 aliphatic heterocycles. The summed E-state index contributed by atoms with van der Waals surface area (Å²) in [7, 11) is 0. The van der Waals surface area contributed by atoms with Gasteiger partial charge in [0.25, 0.3) is 0 Å². The molecule has 8 heteroatoms. The zero-order chi connectivity index (χ0) is 14.8. The molecule has 0 fully saturated rings. The minimum atomic E-state index is -0.0856. The van der Waals surface area contributed by atoms with E-state index in [2.05, 4.69) is 20.0 Å². The topological polar surface area (TPSA) is 97.3 Å². The van der Waals surface area contributed by atoms with E-state index < -0.39 is 0 Å². The van der Waals surface area contributed by atoms with Crippen molar-refractivity contribution in [2.45, 2.75) is 39.5 Å². The number of carbonyl (C=O) groups is 1. The molecule has 3 heterocycles. The molecule has 8 nitrogen and oxygen atoms in total. The predicted octanol–water partition coefficient (Wildman–Crippen LogP) is 0.0418. The normalized spacial score (nSPS) is 14.9. The molecule has 0 radical (unpaired) electrons. The van der Waals surface area contributed by atoms with Crippen molar-refractivity contribution >= 4 is 5.91 Å². The number of rotatable bonds is 3. The van der Waals surface area contributed by atoms with Gasteiger partial charge >= 0.3 is 0 Å². The first-order valence-corrected chi connectivity index (χ1v) is 6.89. The van der Waals surface area contributed by atoms with Crippen LogP contribution in [0.2, 0.25) is 0 Å². The molecule has 0 atom stereocenters. The van der Waals surface area contributed by atoms with Gasteiger partial charge in [-0.3, -0.25) is 9.48 Å². The summed E-state index contributed by atoms with van der Waals surface area (Å²) < 4.78 is 6.48. The zero-order valence-corrected chi connectivity index (χ0v) is 11.8. The smallest absolute Gasteiger partial charge is 0.229 e. The van der Waals surface area contributed by atoms with Crippen molar-refractivity contribution in [1.29, 1.82) is 0 Å². The summed E-state index contributed by atoms with van der Waals surface area (Å²) in [6, 6.07) is 1.84. The van der Waals surface area contributed by atoms with Gasteiger partial charge in [-0.2, -0.15) is 5.10 Å². The molecule has 2 aromatic heterocycles. The molecule has 1 aliphatic rings. The van der Waals surface area contributed by atoms with E-state index in [9.17, 15) is 4.79 Å². The molecule has 1 amide bonds. The fourth-order valence-electron chi connectivity index (χ4n) is 2.48. The summed E-state index contributed by atoms with van der Waals surface area (Å²) in [6.07, 6.45) is 1.03. The van der Waals surface area contributed by atoms with Crippen LogP contribution in [0, 0.1) is 6.92 Å². The minimum absolute atomic E-state index is 0.00556. The van der Waals surface area contributed by atoms with E-state index in [0.29, 0.717) is 30.2 Å². The first kappa shape index (κ1) is 13.7. The van der Waals surface area contributed by atoms with E-state index in [-0.39, 0.29) is 18.9 Å². The van der Waals surface area contributed by atoms with E-state index in [1.54, 1.807) is 11.8 Å². The summed E-state index contributed by atoms with van der Waals surface area (Å²) in [5.41, 5.74) is 2.80. The molecule has 0 unspecified atom stereocenters. The van der Waals surface area contributed by atoms with Crippen LogP contribution < -0.4 is 0 Å². The Kier molecular flexibility index (Phi) is 3.70. The van der Waals surface area contributed by atoms with Gasteiger partial charge < -0.3 is 10.0 Å². The second-order valence-electron chi connectivity index (χ2n) is 5.15. The van der Waals surface area contributed by atoms with Gasteiger partial charge in [0.2, 0.25) is 5.91 Å². The Hall–Kier alpha value is -2.22. The summed E-state index contributed by atoms with van der Waals surface area (Å²) in [6.45, 7) is 3.61. The van der Waals surface area contributed by atoms with Crippen LogP contribution in [-0.2, 0) is 30.9 Å². The van der Waals surface area contributed by atoms with Gasteiger partial charge in [-0.05, 0) is 19.4 Å². The minimum Gasteiger partial charge on any atom is -0.390 e. The van der Waals surface area contributed by atoms with Gasteiger partial charge in [0.1, 0.15) is 11.4 Å². The molecule has 0 bridgehead atoms. The lowest BCUT2D eigenvalue weighted by Crippen LogP contribution is -2.32. The summed E-state index contributed by atoms with van der Waals surface area (Å²) in [5.74, 6) is -0.00556. The second-order valence-corrected chi connectivity index (χ2v) is 5.15. The molecule has 3 rings (SSSR count). The van der Waals surface area contributed by atoms with Crippen molar-refractivity contribution in [3.05, 3.63) is 28.8 Å². The molecule has 0 aromatic carbocycles. The van der Waals surface area contributed by atoms with E-state index in [1.807, 2.05) is 10.7 Å². The van der Waals surface area contributed by atoms with Gasteiger partial charge in [0.15, 0.2) is 0 Å². The van der Waals surface area contributed by atoms with Crippen molar-refractivity contribution < 1.29 is 14.5 Å². The number of aliphatic hydroxyl groups is 1. The fraction of sp³-hybridized carbons (Fsp3) is 0.538. The number of aliphatic hydroxyl groups excluding tert-OH is 1. The first-order valence-electron chi connectivity index (χ1n) is 6.89. The second kappa shape index (κ2) is 5.65. The SMILES string of the molecule is Cc1nonc1CC(=O)N1CCCn2nc(CO)cc2C1. The lowest BCUT2D eigenvalue weighted by molar-refractivity contribution is -0.131.